The third kappa shape index (κ3) is 3.95. The average Bonchev–Trinajstić information content (AvgIpc) is 3.32. The Balaban J connectivity index is 1.39. The second-order valence-corrected chi connectivity index (χ2v) is 6.82. The molecule has 5 nitrogen and oxygen atoms in total. The first-order valence-corrected chi connectivity index (χ1v) is 8.99. The molecule has 0 aliphatic carbocycles. The van der Waals surface area contributed by atoms with Gasteiger partial charge < -0.3 is 15.2 Å². The molecule has 0 spiro atoms. The van der Waals surface area contributed by atoms with Gasteiger partial charge in [0.05, 0.1) is 6.10 Å². The van der Waals surface area contributed by atoms with E-state index in [1.165, 1.54) is 11.1 Å². The number of hydrazine groups is 1. The highest BCUT2D eigenvalue weighted by atomic mass is 16.5. The monoisotopic (exact) mass is 339 g/mol. The summed E-state index contributed by atoms with van der Waals surface area (Å²) in [5.74, 6) is 0.905. The molecule has 2 aromatic carbocycles. The molecule has 2 aromatic rings. The second kappa shape index (κ2) is 7.44. The highest BCUT2D eigenvalue weighted by molar-refractivity contribution is 5.42. The summed E-state index contributed by atoms with van der Waals surface area (Å²) in [6, 6.07) is 16.9. The molecule has 4 rings (SSSR count). The molecule has 25 heavy (non-hydrogen) atoms. The smallest absolute Gasteiger partial charge is 0.119 e. The van der Waals surface area contributed by atoms with Crippen molar-refractivity contribution in [2.75, 3.05) is 18.9 Å². The van der Waals surface area contributed by atoms with Crippen molar-refractivity contribution in [3.63, 3.8) is 0 Å². The van der Waals surface area contributed by atoms with E-state index in [1.807, 2.05) is 24.3 Å². The normalized spacial score (nSPS) is 26.0. The number of rotatable bonds is 5. The Morgan fingerprint density at radius 1 is 1.04 bits per heavy atom. The number of hydrogen-bond acceptors (Lipinski definition) is 5. The van der Waals surface area contributed by atoms with E-state index in [0.717, 1.165) is 37.3 Å². The van der Waals surface area contributed by atoms with Gasteiger partial charge in [-0.2, -0.15) is 0 Å². The summed E-state index contributed by atoms with van der Waals surface area (Å²) >= 11 is 0. The number of nitrogens with one attached hydrogen (secondary N) is 2. The minimum atomic E-state index is 0.239. The molecule has 4 N–H and O–H groups in total. The zero-order valence-corrected chi connectivity index (χ0v) is 14.3. The average molecular weight is 339 g/mol. The molecular formula is C20H25N3O2. The van der Waals surface area contributed by atoms with Crippen LogP contribution in [0.2, 0.25) is 0 Å². The maximum absolute atomic E-state index is 5.93. The first-order valence-electron chi connectivity index (χ1n) is 8.99. The van der Waals surface area contributed by atoms with Crippen LogP contribution >= 0.6 is 0 Å². The topological polar surface area (TPSA) is 68.5 Å². The van der Waals surface area contributed by atoms with Crippen molar-refractivity contribution in [1.29, 1.82) is 0 Å². The van der Waals surface area contributed by atoms with Crippen molar-refractivity contribution in [3.8, 4) is 5.75 Å². The Morgan fingerprint density at radius 3 is 2.52 bits per heavy atom. The van der Waals surface area contributed by atoms with E-state index in [4.69, 9.17) is 15.2 Å². The van der Waals surface area contributed by atoms with Gasteiger partial charge in [-0.25, -0.2) is 10.9 Å². The van der Waals surface area contributed by atoms with E-state index < -0.39 is 0 Å². The van der Waals surface area contributed by atoms with Crippen LogP contribution in [0.5, 0.6) is 5.75 Å². The van der Waals surface area contributed by atoms with Crippen LogP contribution in [0.4, 0.5) is 5.69 Å². The minimum Gasteiger partial charge on any atom is -0.491 e. The maximum Gasteiger partial charge on any atom is 0.119 e. The number of nitrogens with two attached hydrogens (primary N) is 1. The SMILES string of the molecule is Nc1cccc(C2CC(c3cccc(OCC4CCCO4)c3)NN2)c1. The standard InChI is InChI=1S/C20H25N3O2/c21-16-6-1-4-14(10-16)19-12-20(23-22-19)15-5-2-7-17(11-15)25-13-18-8-3-9-24-18/h1-2,4-7,10-11,18-20,22-23H,3,8-9,12-13,21H2. The minimum absolute atomic E-state index is 0.239. The fraction of sp³-hybridized carbons (Fsp3) is 0.400. The predicted octanol–water partition coefficient (Wildman–Crippen LogP) is 3.11. The van der Waals surface area contributed by atoms with Crippen LogP contribution in [0.15, 0.2) is 48.5 Å². The molecule has 0 saturated carbocycles. The highest BCUT2D eigenvalue weighted by Crippen LogP contribution is 2.32. The lowest BCUT2D eigenvalue weighted by Crippen LogP contribution is -2.26. The molecule has 2 heterocycles. The number of anilines is 1. The van der Waals surface area contributed by atoms with Crippen molar-refractivity contribution in [2.45, 2.75) is 37.5 Å². The van der Waals surface area contributed by atoms with Crippen molar-refractivity contribution in [1.82, 2.24) is 10.9 Å². The zero-order valence-electron chi connectivity index (χ0n) is 14.3. The van der Waals surface area contributed by atoms with Crippen LogP contribution in [0.3, 0.4) is 0 Å². The van der Waals surface area contributed by atoms with E-state index in [1.54, 1.807) is 0 Å². The molecule has 132 valence electrons. The van der Waals surface area contributed by atoms with E-state index in [0.29, 0.717) is 6.61 Å². The van der Waals surface area contributed by atoms with Crippen molar-refractivity contribution < 1.29 is 9.47 Å². The largest absolute Gasteiger partial charge is 0.491 e. The van der Waals surface area contributed by atoms with Crippen molar-refractivity contribution in [2.24, 2.45) is 0 Å². The van der Waals surface area contributed by atoms with Crippen LogP contribution < -0.4 is 21.3 Å². The summed E-state index contributed by atoms with van der Waals surface area (Å²) < 4.78 is 11.5. The van der Waals surface area contributed by atoms with Gasteiger partial charge in [0.2, 0.25) is 0 Å². The van der Waals surface area contributed by atoms with E-state index in [2.05, 4.69) is 35.1 Å². The van der Waals surface area contributed by atoms with E-state index in [-0.39, 0.29) is 18.2 Å². The maximum atomic E-state index is 5.93. The molecule has 0 aromatic heterocycles. The summed E-state index contributed by atoms with van der Waals surface area (Å²) in [6.07, 6.45) is 3.44. The summed E-state index contributed by atoms with van der Waals surface area (Å²) in [5, 5.41) is 0. The first kappa shape index (κ1) is 16.4. The summed E-state index contributed by atoms with van der Waals surface area (Å²) in [6.45, 7) is 1.49. The van der Waals surface area contributed by atoms with Crippen molar-refractivity contribution >= 4 is 5.69 Å². The van der Waals surface area contributed by atoms with Crippen LogP contribution in [0, 0.1) is 0 Å². The molecule has 2 aliphatic heterocycles. The van der Waals surface area contributed by atoms with Crippen LogP contribution in [0.1, 0.15) is 42.5 Å². The van der Waals surface area contributed by atoms with E-state index in [9.17, 15) is 0 Å². The van der Waals surface area contributed by atoms with Gasteiger partial charge >= 0.3 is 0 Å². The first-order chi connectivity index (χ1) is 12.3. The molecule has 2 fully saturated rings. The number of ether oxygens (including phenoxy) is 2. The Kier molecular flexibility index (Phi) is 4.88. The lowest BCUT2D eigenvalue weighted by Gasteiger charge is -2.14. The Hall–Kier alpha value is -2.08. The summed E-state index contributed by atoms with van der Waals surface area (Å²) in [7, 11) is 0. The van der Waals surface area contributed by atoms with Gasteiger partial charge in [-0.05, 0) is 54.7 Å². The zero-order chi connectivity index (χ0) is 17.1. The van der Waals surface area contributed by atoms with Gasteiger partial charge in [0.15, 0.2) is 0 Å². The van der Waals surface area contributed by atoms with Crippen LogP contribution in [-0.2, 0) is 4.74 Å². The lowest BCUT2D eigenvalue weighted by molar-refractivity contribution is 0.0679. The second-order valence-electron chi connectivity index (χ2n) is 6.82. The molecule has 3 atom stereocenters. The van der Waals surface area contributed by atoms with Crippen LogP contribution in [-0.4, -0.2) is 19.3 Å². The Labute approximate surface area is 148 Å². The van der Waals surface area contributed by atoms with Gasteiger partial charge in [-0.3, -0.25) is 0 Å². The molecule has 2 aliphatic rings. The molecular weight excluding hydrogens is 314 g/mol. The number of hydrogen-bond donors (Lipinski definition) is 3. The van der Waals surface area contributed by atoms with E-state index >= 15 is 0 Å². The summed E-state index contributed by atoms with van der Waals surface area (Å²) in [4.78, 5) is 0. The predicted molar refractivity (Wildman–Crippen MR) is 98.1 cm³/mol. The van der Waals surface area contributed by atoms with Gasteiger partial charge in [-0.1, -0.05) is 24.3 Å². The quantitative estimate of drug-likeness (QED) is 0.730. The summed E-state index contributed by atoms with van der Waals surface area (Å²) in [5.41, 5.74) is 15.9. The number of benzene rings is 2. The number of nitrogen functional groups attached to an aromatic ring is 1. The van der Waals surface area contributed by atoms with Gasteiger partial charge in [0.1, 0.15) is 12.4 Å². The molecule has 2 saturated heterocycles. The third-order valence-electron chi connectivity index (χ3n) is 4.94. The van der Waals surface area contributed by atoms with Gasteiger partial charge in [0.25, 0.3) is 0 Å². The van der Waals surface area contributed by atoms with Gasteiger partial charge in [-0.15, -0.1) is 0 Å². The molecule has 3 unspecified atom stereocenters. The Bertz CT molecular complexity index is 716. The molecule has 0 amide bonds. The van der Waals surface area contributed by atoms with Gasteiger partial charge in [0, 0.05) is 24.4 Å². The van der Waals surface area contributed by atoms with Crippen LogP contribution in [0.25, 0.3) is 0 Å². The Morgan fingerprint density at radius 2 is 1.80 bits per heavy atom. The lowest BCUT2D eigenvalue weighted by atomic mass is 9.97. The highest BCUT2D eigenvalue weighted by Gasteiger charge is 2.26. The third-order valence-corrected chi connectivity index (χ3v) is 4.94. The molecule has 0 bridgehead atoms. The molecule has 5 heteroatoms. The molecule has 0 radical (unpaired) electrons. The fourth-order valence-electron chi connectivity index (χ4n) is 3.56. The fourth-order valence-corrected chi connectivity index (χ4v) is 3.56. The van der Waals surface area contributed by atoms with Crippen molar-refractivity contribution in [3.05, 3.63) is 59.7 Å².